The van der Waals surface area contributed by atoms with Crippen LogP contribution in [0.15, 0.2) is 65.7 Å². The number of nitrogens with one attached hydrogen (secondary N) is 1. The number of nitro groups is 1. The lowest BCUT2D eigenvalue weighted by Gasteiger charge is -2.08. The van der Waals surface area contributed by atoms with Crippen molar-refractivity contribution >= 4 is 28.9 Å². The number of carbonyl (C=O) groups is 1. The van der Waals surface area contributed by atoms with Crippen LogP contribution in [0, 0.1) is 10.1 Å². The smallest absolute Gasteiger partial charge is 0.269 e. The van der Waals surface area contributed by atoms with Crippen molar-refractivity contribution in [3.05, 3.63) is 86.4 Å². The van der Waals surface area contributed by atoms with Gasteiger partial charge in [0.2, 0.25) is 5.91 Å². The second-order valence-electron chi connectivity index (χ2n) is 5.60. The molecule has 0 fully saturated rings. The fourth-order valence-electron chi connectivity index (χ4n) is 2.34. The summed E-state index contributed by atoms with van der Waals surface area (Å²) in [5.41, 5.74) is 1.15. The summed E-state index contributed by atoms with van der Waals surface area (Å²) in [6.07, 6.45) is 1.29. The summed E-state index contributed by atoms with van der Waals surface area (Å²) in [6, 6.07) is 13.6. The molecule has 0 unspecified atom stereocenters. The summed E-state index contributed by atoms with van der Waals surface area (Å²) in [5, 5.41) is 13.8. The fraction of sp³-hybridized carbons (Fsp3) is 0.0556. The lowest BCUT2D eigenvalue weighted by molar-refractivity contribution is -0.384. The minimum atomic E-state index is -0.529. The lowest BCUT2D eigenvalue weighted by Crippen LogP contribution is -2.27. The molecule has 136 valence electrons. The Morgan fingerprint density at radius 3 is 2.41 bits per heavy atom. The van der Waals surface area contributed by atoms with Crippen LogP contribution in [-0.2, 0) is 11.3 Å². The number of aromatic nitrogens is 2. The van der Waals surface area contributed by atoms with E-state index in [9.17, 15) is 19.7 Å². The zero-order chi connectivity index (χ0) is 19.4. The van der Waals surface area contributed by atoms with E-state index in [0.717, 1.165) is 5.56 Å². The highest BCUT2D eigenvalue weighted by molar-refractivity contribution is 6.30. The summed E-state index contributed by atoms with van der Waals surface area (Å²) >= 11 is 5.84. The van der Waals surface area contributed by atoms with Gasteiger partial charge in [0.1, 0.15) is 6.54 Å². The van der Waals surface area contributed by atoms with Crippen molar-refractivity contribution in [3.63, 3.8) is 0 Å². The molecule has 1 aromatic heterocycles. The Bertz CT molecular complexity index is 1050. The maximum atomic E-state index is 12.2. The molecule has 1 N–H and O–H groups in total. The first-order valence-corrected chi connectivity index (χ1v) is 8.17. The summed E-state index contributed by atoms with van der Waals surface area (Å²) in [6.45, 7) is -0.232. The number of hydrogen-bond donors (Lipinski definition) is 1. The third-order valence-electron chi connectivity index (χ3n) is 3.70. The maximum Gasteiger partial charge on any atom is 0.269 e. The monoisotopic (exact) mass is 384 g/mol. The molecular formula is C18H13ClN4O4. The Labute approximate surface area is 158 Å². The number of benzene rings is 2. The first-order valence-electron chi connectivity index (χ1n) is 7.79. The van der Waals surface area contributed by atoms with Gasteiger partial charge < -0.3 is 5.32 Å². The molecule has 3 rings (SSSR count). The van der Waals surface area contributed by atoms with Gasteiger partial charge in [-0.05, 0) is 24.3 Å². The maximum absolute atomic E-state index is 12.2. The number of anilines is 1. The average Bonchev–Trinajstić information content (AvgIpc) is 2.64. The number of nitrogens with zero attached hydrogens (tertiary/aromatic N) is 3. The molecule has 9 heteroatoms. The minimum Gasteiger partial charge on any atom is -0.325 e. The van der Waals surface area contributed by atoms with E-state index in [2.05, 4.69) is 10.3 Å². The lowest BCUT2D eigenvalue weighted by atomic mass is 10.1. The molecule has 0 spiro atoms. The largest absolute Gasteiger partial charge is 0.325 e. The van der Waals surface area contributed by atoms with E-state index in [1.165, 1.54) is 41.2 Å². The number of amides is 1. The highest BCUT2D eigenvalue weighted by Gasteiger charge is 2.09. The van der Waals surface area contributed by atoms with E-state index < -0.39 is 10.8 Å². The molecule has 3 aromatic rings. The van der Waals surface area contributed by atoms with Crippen LogP contribution in [0.5, 0.6) is 0 Å². The molecule has 0 saturated carbocycles. The van der Waals surface area contributed by atoms with E-state index in [0.29, 0.717) is 16.4 Å². The van der Waals surface area contributed by atoms with Gasteiger partial charge in [-0.15, -0.1) is 0 Å². The Hall–Kier alpha value is -3.52. The average molecular weight is 385 g/mol. The highest BCUT2D eigenvalue weighted by atomic mass is 35.5. The van der Waals surface area contributed by atoms with Crippen LogP contribution >= 0.6 is 11.6 Å². The quantitative estimate of drug-likeness (QED) is 0.537. The number of carbonyl (C=O) groups excluding carboxylic acids is 1. The van der Waals surface area contributed by atoms with Gasteiger partial charge in [-0.1, -0.05) is 23.7 Å². The second-order valence-corrected chi connectivity index (χ2v) is 6.04. The van der Waals surface area contributed by atoms with Crippen molar-refractivity contribution in [3.8, 4) is 11.3 Å². The topological polar surface area (TPSA) is 107 Å². The third-order valence-corrected chi connectivity index (χ3v) is 3.95. The molecule has 0 aliphatic carbocycles. The van der Waals surface area contributed by atoms with Crippen molar-refractivity contribution in [2.45, 2.75) is 6.54 Å². The van der Waals surface area contributed by atoms with E-state index in [4.69, 9.17) is 11.6 Å². The van der Waals surface area contributed by atoms with Crippen LogP contribution in [-0.4, -0.2) is 20.4 Å². The first-order chi connectivity index (χ1) is 12.9. The SMILES string of the molecule is O=C(Cn1cnc(-c2ccc(Cl)cc2)cc1=O)Nc1ccc([N+](=O)[O-])cc1. The number of non-ortho nitro benzene ring substituents is 1. The Balaban J connectivity index is 1.69. The van der Waals surface area contributed by atoms with E-state index in [-0.39, 0.29) is 17.8 Å². The van der Waals surface area contributed by atoms with Crippen LogP contribution < -0.4 is 10.9 Å². The van der Waals surface area contributed by atoms with Gasteiger partial charge >= 0.3 is 0 Å². The molecule has 1 heterocycles. The predicted molar refractivity (Wildman–Crippen MR) is 101 cm³/mol. The molecule has 0 aliphatic heterocycles. The van der Waals surface area contributed by atoms with Crippen molar-refractivity contribution in [2.75, 3.05) is 5.32 Å². The van der Waals surface area contributed by atoms with Crippen LogP contribution in [0.2, 0.25) is 5.02 Å². The van der Waals surface area contributed by atoms with Gasteiger partial charge in [-0.25, -0.2) is 4.98 Å². The van der Waals surface area contributed by atoms with Gasteiger partial charge in [0.05, 0.1) is 16.9 Å². The van der Waals surface area contributed by atoms with Crippen LogP contribution in [0.25, 0.3) is 11.3 Å². The minimum absolute atomic E-state index is 0.0776. The summed E-state index contributed by atoms with van der Waals surface area (Å²) < 4.78 is 1.17. The molecule has 2 aromatic carbocycles. The molecule has 0 atom stereocenters. The van der Waals surface area contributed by atoms with Gasteiger partial charge in [0.25, 0.3) is 11.2 Å². The Morgan fingerprint density at radius 2 is 1.81 bits per heavy atom. The Morgan fingerprint density at radius 1 is 1.15 bits per heavy atom. The third kappa shape index (κ3) is 4.56. The zero-order valence-electron chi connectivity index (χ0n) is 13.8. The van der Waals surface area contributed by atoms with E-state index in [1.807, 2.05) is 0 Å². The molecule has 8 nitrogen and oxygen atoms in total. The van der Waals surface area contributed by atoms with Crippen molar-refractivity contribution < 1.29 is 9.72 Å². The molecule has 1 amide bonds. The van der Waals surface area contributed by atoms with Gasteiger partial charge in [-0.2, -0.15) is 0 Å². The molecule has 27 heavy (non-hydrogen) atoms. The summed E-state index contributed by atoms with van der Waals surface area (Å²) in [4.78, 5) is 38.6. The molecular weight excluding hydrogens is 372 g/mol. The van der Waals surface area contributed by atoms with Crippen LogP contribution in [0.3, 0.4) is 0 Å². The van der Waals surface area contributed by atoms with Crippen LogP contribution in [0.1, 0.15) is 0 Å². The number of rotatable bonds is 5. The zero-order valence-corrected chi connectivity index (χ0v) is 14.6. The Kier molecular flexibility index (Phi) is 5.28. The standard InChI is InChI=1S/C18H13ClN4O4/c19-13-3-1-12(2-4-13)16-9-18(25)22(11-20-16)10-17(24)21-14-5-7-15(8-6-14)23(26)27/h1-9,11H,10H2,(H,21,24). The molecule has 0 bridgehead atoms. The summed E-state index contributed by atoms with van der Waals surface area (Å²) in [7, 11) is 0. The van der Waals surface area contributed by atoms with Gasteiger partial charge in [0.15, 0.2) is 0 Å². The predicted octanol–water partition coefficient (Wildman–Crippen LogP) is 3.11. The van der Waals surface area contributed by atoms with E-state index in [1.54, 1.807) is 24.3 Å². The van der Waals surface area contributed by atoms with E-state index >= 15 is 0 Å². The fourth-order valence-corrected chi connectivity index (χ4v) is 2.47. The molecule has 0 aliphatic rings. The van der Waals surface area contributed by atoms with Crippen molar-refractivity contribution in [1.82, 2.24) is 9.55 Å². The molecule has 0 radical (unpaired) electrons. The van der Waals surface area contributed by atoms with Gasteiger partial charge in [-0.3, -0.25) is 24.3 Å². The van der Waals surface area contributed by atoms with Gasteiger partial charge in [0, 0.05) is 34.5 Å². The first kappa shape index (κ1) is 18.3. The van der Waals surface area contributed by atoms with Crippen molar-refractivity contribution in [1.29, 1.82) is 0 Å². The van der Waals surface area contributed by atoms with Crippen LogP contribution in [0.4, 0.5) is 11.4 Å². The number of halogens is 1. The van der Waals surface area contributed by atoms with Crippen molar-refractivity contribution in [2.24, 2.45) is 0 Å². The highest BCUT2D eigenvalue weighted by Crippen LogP contribution is 2.18. The number of nitro benzene ring substituents is 1. The normalized spacial score (nSPS) is 10.4. The second kappa shape index (κ2) is 7.79. The summed E-state index contributed by atoms with van der Waals surface area (Å²) in [5.74, 6) is -0.452. The molecule has 0 saturated heterocycles. The number of hydrogen-bond acceptors (Lipinski definition) is 5.